The Hall–Kier alpha value is -2.08. The Morgan fingerprint density at radius 3 is 2.74 bits per heavy atom. The molecule has 6 heteroatoms. The Kier molecular flexibility index (Phi) is 4.01. The number of rotatable bonds is 3. The Bertz CT molecular complexity index is 615. The van der Waals surface area contributed by atoms with Crippen molar-refractivity contribution in [1.82, 2.24) is 4.98 Å². The molecule has 0 saturated heterocycles. The van der Waals surface area contributed by atoms with E-state index in [0.29, 0.717) is 11.5 Å². The van der Waals surface area contributed by atoms with Gasteiger partial charge in [-0.2, -0.15) is 0 Å². The molecular formula is C13H13BrN4O. The number of amides is 1. The molecule has 19 heavy (non-hydrogen) atoms. The fraction of sp³-hybridized carbons (Fsp3) is 0.0769. The third-order valence-electron chi connectivity index (χ3n) is 2.31. The first-order chi connectivity index (χ1) is 9.04. The zero-order valence-corrected chi connectivity index (χ0v) is 11.9. The number of benzene rings is 1. The van der Waals surface area contributed by atoms with Gasteiger partial charge in [0.05, 0.1) is 16.4 Å². The van der Waals surface area contributed by atoms with Crippen molar-refractivity contribution in [1.29, 1.82) is 0 Å². The first kappa shape index (κ1) is 13.4. The van der Waals surface area contributed by atoms with Crippen LogP contribution in [0.1, 0.15) is 6.92 Å². The Labute approximate surface area is 119 Å². The minimum absolute atomic E-state index is 0.107. The molecule has 0 aliphatic carbocycles. The molecule has 98 valence electrons. The van der Waals surface area contributed by atoms with E-state index in [9.17, 15) is 4.79 Å². The molecule has 1 heterocycles. The van der Waals surface area contributed by atoms with Crippen LogP contribution in [0.25, 0.3) is 0 Å². The van der Waals surface area contributed by atoms with Gasteiger partial charge in [0.2, 0.25) is 5.91 Å². The van der Waals surface area contributed by atoms with Gasteiger partial charge in [-0.05, 0) is 40.2 Å². The fourth-order valence-corrected chi connectivity index (χ4v) is 2.03. The maximum atomic E-state index is 11.0. The van der Waals surface area contributed by atoms with Crippen molar-refractivity contribution in [3.63, 3.8) is 0 Å². The second-order valence-electron chi connectivity index (χ2n) is 3.99. The van der Waals surface area contributed by atoms with Crippen molar-refractivity contribution in [3.8, 4) is 0 Å². The predicted octanol–water partition coefficient (Wildman–Crippen LogP) is 3.13. The lowest BCUT2D eigenvalue weighted by atomic mass is 10.2. The van der Waals surface area contributed by atoms with Crippen LogP contribution in [0.4, 0.5) is 22.9 Å². The number of hydrogen-bond donors (Lipinski definition) is 3. The maximum Gasteiger partial charge on any atom is 0.221 e. The lowest BCUT2D eigenvalue weighted by Gasteiger charge is -2.09. The summed E-state index contributed by atoms with van der Waals surface area (Å²) in [5.74, 6) is 0.554. The number of aromatic nitrogens is 1. The first-order valence-corrected chi connectivity index (χ1v) is 6.39. The molecule has 0 spiro atoms. The van der Waals surface area contributed by atoms with E-state index >= 15 is 0 Å². The molecule has 2 rings (SSSR count). The van der Waals surface area contributed by atoms with Gasteiger partial charge in [0, 0.05) is 18.3 Å². The first-order valence-electron chi connectivity index (χ1n) is 5.60. The van der Waals surface area contributed by atoms with Crippen molar-refractivity contribution < 1.29 is 4.79 Å². The quantitative estimate of drug-likeness (QED) is 0.811. The van der Waals surface area contributed by atoms with Crippen LogP contribution >= 0.6 is 15.9 Å². The highest BCUT2D eigenvalue weighted by Crippen LogP contribution is 2.26. The van der Waals surface area contributed by atoms with E-state index in [4.69, 9.17) is 5.73 Å². The molecule has 0 unspecified atom stereocenters. The van der Waals surface area contributed by atoms with E-state index in [-0.39, 0.29) is 5.91 Å². The molecule has 0 aliphatic rings. The number of nitrogens with two attached hydrogens (primary N) is 1. The van der Waals surface area contributed by atoms with Crippen LogP contribution in [0.3, 0.4) is 0 Å². The fourth-order valence-electron chi connectivity index (χ4n) is 1.56. The van der Waals surface area contributed by atoms with Crippen LogP contribution in [0, 0.1) is 0 Å². The minimum Gasteiger partial charge on any atom is -0.397 e. The highest BCUT2D eigenvalue weighted by molar-refractivity contribution is 9.10. The average molecular weight is 321 g/mol. The Morgan fingerprint density at radius 1 is 1.32 bits per heavy atom. The molecule has 0 radical (unpaired) electrons. The molecule has 1 amide bonds. The Balaban J connectivity index is 2.21. The second kappa shape index (κ2) is 5.71. The molecule has 5 nitrogen and oxygen atoms in total. The van der Waals surface area contributed by atoms with E-state index in [1.165, 1.54) is 6.92 Å². The largest absolute Gasteiger partial charge is 0.397 e. The summed E-state index contributed by atoms with van der Waals surface area (Å²) < 4.78 is 0.775. The average Bonchev–Trinajstić information content (AvgIpc) is 2.32. The number of anilines is 4. The normalized spacial score (nSPS) is 10.0. The lowest BCUT2D eigenvalue weighted by molar-refractivity contribution is -0.114. The van der Waals surface area contributed by atoms with E-state index < -0.39 is 0 Å². The van der Waals surface area contributed by atoms with Gasteiger partial charge in [0.25, 0.3) is 0 Å². The third-order valence-corrected chi connectivity index (χ3v) is 2.91. The van der Waals surface area contributed by atoms with Crippen molar-refractivity contribution in [2.75, 3.05) is 16.4 Å². The monoisotopic (exact) mass is 320 g/mol. The summed E-state index contributed by atoms with van der Waals surface area (Å²) in [4.78, 5) is 15.2. The molecule has 0 atom stereocenters. The SMILES string of the molecule is CC(=O)Nc1cccc(Nc2ncc(N)cc2Br)c1. The van der Waals surface area contributed by atoms with Gasteiger partial charge in [-0.15, -0.1) is 0 Å². The van der Waals surface area contributed by atoms with Gasteiger partial charge in [-0.25, -0.2) is 4.98 Å². The van der Waals surface area contributed by atoms with Crippen molar-refractivity contribution >= 4 is 44.7 Å². The van der Waals surface area contributed by atoms with Crippen LogP contribution in [0.5, 0.6) is 0 Å². The summed E-state index contributed by atoms with van der Waals surface area (Å²) >= 11 is 3.39. The molecule has 1 aromatic carbocycles. The molecule has 0 aliphatic heterocycles. The standard InChI is InChI=1S/C13H13BrN4O/c1-8(19)17-10-3-2-4-11(6-10)18-13-12(14)5-9(15)7-16-13/h2-7H,15H2,1H3,(H,16,18)(H,17,19). The minimum atomic E-state index is -0.107. The smallest absolute Gasteiger partial charge is 0.221 e. The summed E-state index contributed by atoms with van der Waals surface area (Å²) in [6.07, 6.45) is 1.57. The topological polar surface area (TPSA) is 80.0 Å². The number of carbonyl (C=O) groups excluding carboxylic acids is 1. The summed E-state index contributed by atoms with van der Waals surface area (Å²) in [7, 11) is 0. The zero-order chi connectivity index (χ0) is 13.8. The molecular weight excluding hydrogens is 308 g/mol. The number of halogens is 1. The molecule has 0 fully saturated rings. The van der Waals surface area contributed by atoms with Gasteiger partial charge in [-0.3, -0.25) is 4.79 Å². The molecule has 0 bridgehead atoms. The maximum absolute atomic E-state index is 11.0. The summed E-state index contributed by atoms with van der Waals surface area (Å²) in [6, 6.07) is 9.14. The van der Waals surface area contributed by atoms with Crippen LogP contribution in [0.15, 0.2) is 41.0 Å². The van der Waals surface area contributed by atoms with E-state index in [1.54, 1.807) is 12.3 Å². The highest BCUT2D eigenvalue weighted by atomic mass is 79.9. The number of hydrogen-bond acceptors (Lipinski definition) is 4. The van der Waals surface area contributed by atoms with E-state index in [2.05, 4.69) is 31.5 Å². The van der Waals surface area contributed by atoms with Gasteiger partial charge in [-0.1, -0.05) is 6.07 Å². The summed E-state index contributed by atoms with van der Waals surface area (Å²) in [5.41, 5.74) is 7.77. The zero-order valence-electron chi connectivity index (χ0n) is 10.3. The molecule has 2 aromatic rings. The summed E-state index contributed by atoms with van der Waals surface area (Å²) in [5, 5.41) is 5.87. The number of pyridine rings is 1. The number of nitrogen functional groups attached to an aromatic ring is 1. The van der Waals surface area contributed by atoms with Gasteiger partial charge >= 0.3 is 0 Å². The lowest BCUT2D eigenvalue weighted by Crippen LogP contribution is -2.05. The van der Waals surface area contributed by atoms with Gasteiger partial charge in [0.15, 0.2) is 0 Å². The second-order valence-corrected chi connectivity index (χ2v) is 4.84. The number of carbonyl (C=O) groups is 1. The van der Waals surface area contributed by atoms with Gasteiger partial charge in [0.1, 0.15) is 5.82 Å². The van der Waals surface area contributed by atoms with Crippen molar-refractivity contribution in [2.24, 2.45) is 0 Å². The molecule has 1 aromatic heterocycles. The Morgan fingerprint density at radius 2 is 2.05 bits per heavy atom. The predicted molar refractivity (Wildman–Crippen MR) is 80.4 cm³/mol. The van der Waals surface area contributed by atoms with Crippen molar-refractivity contribution in [3.05, 3.63) is 41.0 Å². The van der Waals surface area contributed by atoms with Crippen molar-refractivity contribution in [2.45, 2.75) is 6.92 Å². The van der Waals surface area contributed by atoms with Crippen LogP contribution in [0.2, 0.25) is 0 Å². The number of nitrogens with one attached hydrogen (secondary N) is 2. The van der Waals surface area contributed by atoms with E-state index in [0.717, 1.165) is 15.8 Å². The van der Waals surface area contributed by atoms with Crippen LogP contribution in [-0.4, -0.2) is 10.9 Å². The molecule has 4 N–H and O–H groups in total. The highest BCUT2D eigenvalue weighted by Gasteiger charge is 2.03. The number of nitrogens with zero attached hydrogens (tertiary/aromatic N) is 1. The van der Waals surface area contributed by atoms with E-state index in [1.807, 2.05) is 24.3 Å². The summed E-state index contributed by atoms with van der Waals surface area (Å²) in [6.45, 7) is 1.47. The third kappa shape index (κ3) is 3.69. The van der Waals surface area contributed by atoms with Crippen LogP contribution < -0.4 is 16.4 Å². The molecule has 0 saturated carbocycles. The van der Waals surface area contributed by atoms with Crippen LogP contribution in [-0.2, 0) is 4.79 Å². The van der Waals surface area contributed by atoms with Gasteiger partial charge < -0.3 is 16.4 Å².